The number of piperidine rings is 1. The van der Waals surface area contributed by atoms with E-state index in [4.69, 9.17) is 0 Å². The van der Waals surface area contributed by atoms with Crippen molar-refractivity contribution in [3.63, 3.8) is 0 Å². The third kappa shape index (κ3) is 4.80. The maximum absolute atomic E-state index is 12.2. The van der Waals surface area contributed by atoms with Gasteiger partial charge in [-0.1, -0.05) is 6.92 Å². The minimum absolute atomic E-state index is 0.258. The fourth-order valence-electron chi connectivity index (χ4n) is 2.41. The fourth-order valence-corrected chi connectivity index (χ4v) is 3.19. The van der Waals surface area contributed by atoms with Gasteiger partial charge in [0.25, 0.3) is 0 Å². The van der Waals surface area contributed by atoms with Crippen LogP contribution in [0.25, 0.3) is 0 Å². The van der Waals surface area contributed by atoms with Gasteiger partial charge in [-0.15, -0.1) is 11.8 Å². The molecule has 0 saturated carbocycles. The summed E-state index contributed by atoms with van der Waals surface area (Å²) in [5.74, 6) is 1.52. The van der Waals surface area contributed by atoms with Gasteiger partial charge in [0.1, 0.15) is 0 Å². The van der Waals surface area contributed by atoms with Crippen molar-refractivity contribution in [2.75, 3.05) is 31.9 Å². The van der Waals surface area contributed by atoms with Crippen molar-refractivity contribution >= 4 is 17.7 Å². The maximum atomic E-state index is 12.2. The van der Waals surface area contributed by atoms with Gasteiger partial charge >= 0.3 is 0 Å². The summed E-state index contributed by atoms with van der Waals surface area (Å²) < 4.78 is 0. The minimum atomic E-state index is 0.258. The van der Waals surface area contributed by atoms with E-state index in [1.165, 1.54) is 0 Å². The van der Waals surface area contributed by atoms with Crippen molar-refractivity contribution in [1.82, 2.24) is 15.2 Å². The molecule has 0 aliphatic carbocycles. The van der Waals surface area contributed by atoms with Crippen LogP contribution in [0.3, 0.4) is 0 Å². The number of rotatable bonds is 6. The monoisotopic (exact) mass is 293 g/mol. The van der Waals surface area contributed by atoms with E-state index in [0.29, 0.717) is 5.75 Å². The van der Waals surface area contributed by atoms with Gasteiger partial charge in [-0.05, 0) is 44.0 Å². The second-order valence-corrected chi connectivity index (χ2v) is 6.15. The summed E-state index contributed by atoms with van der Waals surface area (Å²) in [5, 5.41) is 3.40. The van der Waals surface area contributed by atoms with Crippen LogP contribution in [0.1, 0.15) is 19.8 Å². The molecule has 1 amide bonds. The number of hydrogen-bond acceptors (Lipinski definition) is 4. The quantitative estimate of drug-likeness (QED) is 0.815. The zero-order chi connectivity index (χ0) is 14.2. The molecule has 1 fully saturated rings. The molecule has 1 aliphatic rings. The number of pyridine rings is 1. The number of carbonyl (C=O) groups excluding carboxylic acids is 1. The molecule has 20 heavy (non-hydrogen) atoms. The molecule has 2 heterocycles. The molecule has 0 aromatic carbocycles. The summed E-state index contributed by atoms with van der Waals surface area (Å²) in [7, 11) is 0. The molecule has 0 bridgehead atoms. The molecule has 0 radical (unpaired) electrons. The number of nitrogens with zero attached hydrogens (tertiary/aromatic N) is 2. The average molecular weight is 293 g/mol. The Morgan fingerprint density at radius 2 is 2.10 bits per heavy atom. The Labute approximate surface area is 125 Å². The third-order valence-corrected chi connectivity index (χ3v) is 4.66. The molecule has 1 N–H and O–H groups in total. The first-order chi connectivity index (χ1) is 9.79. The van der Waals surface area contributed by atoms with E-state index in [-0.39, 0.29) is 5.91 Å². The molecule has 1 aliphatic heterocycles. The highest BCUT2D eigenvalue weighted by atomic mass is 32.2. The molecule has 1 saturated heterocycles. The van der Waals surface area contributed by atoms with E-state index < -0.39 is 0 Å². The third-order valence-electron chi connectivity index (χ3n) is 3.66. The van der Waals surface area contributed by atoms with Crippen LogP contribution >= 0.6 is 11.8 Å². The van der Waals surface area contributed by atoms with Crippen molar-refractivity contribution < 1.29 is 4.79 Å². The summed E-state index contributed by atoms with van der Waals surface area (Å²) in [6, 6.07) is 3.89. The molecule has 2 rings (SSSR count). The Bertz CT molecular complexity index is 405. The van der Waals surface area contributed by atoms with Gasteiger partial charge < -0.3 is 10.2 Å². The van der Waals surface area contributed by atoms with Crippen LogP contribution in [0, 0.1) is 5.92 Å². The van der Waals surface area contributed by atoms with Gasteiger partial charge in [0, 0.05) is 30.4 Å². The van der Waals surface area contributed by atoms with Crippen LogP contribution in [0.4, 0.5) is 0 Å². The van der Waals surface area contributed by atoms with E-state index in [1.807, 2.05) is 17.0 Å². The van der Waals surface area contributed by atoms with Crippen molar-refractivity contribution in [1.29, 1.82) is 0 Å². The summed E-state index contributed by atoms with van der Waals surface area (Å²) in [6.07, 6.45) is 5.77. The van der Waals surface area contributed by atoms with Gasteiger partial charge in [0.05, 0.1) is 5.75 Å². The molecule has 4 nitrogen and oxygen atoms in total. The first kappa shape index (κ1) is 15.3. The van der Waals surface area contributed by atoms with Crippen LogP contribution in [-0.4, -0.2) is 47.7 Å². The standard InChI is InChI=1S/C15H23N3OS/c1-2-16-11-13-5-9-18(10-6-13)15(19)12-20-14-3-7-17-8-4-14/h3-4,7-8,13,16H,2,5-6,9-12H2,1H3. The maximum Gasteiger partial charge on any atom is 0.232 e. The first-order valence-corrected chi connectivity index (χ1v) is 8.29. The highest BCUT2D eigenvalue weighted by Crippen LogP contribution is 2.20. The second-order valence-electron chi connectivity index (χ2n) is 5.10. The number of amides is 1. The van der Waals surface area contributed by atoms with Crippen LogP contribution in [0.2, 0.25) is 0 Å². The van der Waals surface area contributed by atoms with Crippen LogP contribution in [0.15, 0.2) is 29.4 Å². The topological polar surface area (TPSA) is 45.2 Å². The normalized spacial score (nSPS) is 16.4. The van der Waals surface area contributed by atoms with Crippen molar-refractivity contribution in [2.24, 2.45) is 5.92 Å². The highest BCUT2D eigenvalue weighted by molar-refractivity contribution is 8.00. The van der Waals surface area contributed by atoms with Gasteiger partial charge in [-0.25, -0.2) is 0 Å². The van der Waals surface area contributed by atoms with Crippen molar-refractivity contribution in [3.8, 4) is 0 Å². The Morgan fingerprint density at radius 3 is 2.75 bits per heavy atom. The molecular weight excluding hydrogens is 270 g/mol. The lowest BCUT2D eigenvalue weighted by Gasteiger charge is -2.32. The minimum Gasteiger partial charge on any atom is -0.342 e. The zero-order valence-electron chi connectivity index (χ0n) is 12.0. The van der Waals surface area contributed by atoms with Crippen LogP contribution < -0.4 is 5.32 Å². The SMILES string of the molecule is CCNCC1CCN(C(=O)CSc2ccncc2)CC1. The molecule has 110 valence electrons. The largest absolute Gasteiger partial charge is 0.342 e. The van der Waals surface area contributed by atoms with Crippen molar-refractivity contribution in [3.05, 3.63) is 24.5 Å². The Morgan fingerprint density at radius 1 is 1.40 bits per heavy atom. The van der Waals surface area contributed by atoms with E-state index in [9.17, 15) is 4.79 Å². The van der Waals surface area contributed by atoms with Gasteiger partial charge in [-0.3, -0.25) is 9.78 Å². The van der Waals surface area contributed by atoms with E-state index >= 15 is 0 Å². The second kappa shape index (κ2) is 8.27. The number of carbonyl (C=O) groups is 1. The lowest BCUT2D eigenvalue weighted by molar-refractivity contribution is -0.129. The molecule has 5 heteroatoms. The fraction of sp³-hybridized carbons (Fsp3) is 0.600. The smallest absolute Gasteiger partial charge is 0.232 e. The van der Waals surface area contributed by atoms with Crippen LogP contribution in [-0.2, 0) is 4.79 Å². The summed E-state index contributed by atoms with van der Waals surface area (Å²) in [5.41, 5.74) is 0. The number of aromatic nitrogens is 1. The van der Waals surface area contributed by atoms with Crippen molar-refractivity contribution in [2.45, 2.75) is 24.7 Å². The summed E-state index contributed by atoms with van der Waals surface area (Å²) in [6.45, 7) is 6.07. The van der Waals surface area contributed by atoms with E-state index in [1.54, 1.807) is 24.2 Å². The lowest BCUT2D eigenvalue weighted by Crippen LogP contribution is -2.41. The Hall–Kier alpha value is -1.07. The Kier molecular flexibility index (Phi) is 6.33. The van der Waals surface area contributed by atoms with Crippen LogP contribution in [0.5, 0.6) is 0 Å². The van der Waals surface area contributed by atoms with Gasteiger partial charge in [0.2, 0.25) is 5.91 Å². The van der Waals surface area contributed by atoms with Gasteiger partial charge in [0.15, 0.2) is 0 Å². The molecule has 1 aromatic rings. The summed E-state index contributed by atoms with van der Waals surface area (Å²) >= 11 is 1.59. The Balaban J connectivity index is 1.69. The number of thioether (sulfide) groups is 1. The lowest BCUT2D eigenvalue weighted by atomic mass is 9.97. The average Bonchev–Trinajstić information content (AvgIpc) is 2.52. The molecular formula is C15H23N3OS. The number of nitrogens with one attached hydrogen (secondary N) is 1. The number of likely N-dealkylation sites (tertiary alicyclic amines) is 1. The molecule has 0 unspecified atom stereocenters. The molecule has 0 spiro atoms. The molecule has 0 atom stereocenters. The van der Waals surface area contributed by atoms with E-state index in [0.717, 1.165) is 49.8 Å². The van der Waals surface area contributed by atoms with E-state index in [2.05, 4.69) is 17.2 Å². The highest BCUT2D eigenvalue weighted by Gasteiger charge is 2.22. The number of hydrogen-bond donors (Lipinski definition) is 1. The predicted octanol–water partition coefficient (Wildman–Crippen LogP) is 2.02. The first-order valence-electron chi connectivity index (χ1n) is 7.31. The van der Waals surface area contributed by atoms with Gasteiger partial charge in [-0.2, -0.15) is 0 Å². The summed E-state index contributed by atoms with van der Waals surface area (Å²) in [4.78, 5) is 19.3. The zero-order valence-corrected chi connectivity index (χ0v) is 12.9. The predicted molar refractivity (Wildman–Crippen MR) is 82.8 cm³/mol. The molecule has 1 aromatic heterocycles.